The Labute approximate surface area is 167 Å². The van der Waals surface area contributed by atoms with Crippen LogP contribution < -0.4 is 10.0 Å². The van der Waals surface area contributed by atoms with Gasteiger partial charge in [-0.15, -0.1) is 0 Å². The van der Waals surface area contributed by atoms with Crippen LogP contribution in [0.5, 0.6) is 0 Å². The predicted octanol–water partition coefficient (Wildman–Crippen LogP) is 3.65. The summed E-state index contributed by atoms with van der Waals surface area (Å²) in [5.41, 5.74) is 2.49. The van der Waals surface area contributed by atoms with Gasteiger partial charge in [0.1, 0.15) is 6.07 Å². The molecule has 150 valence electrons. The van der Waals surface area contributed by atoms with Gasteiger partial charge in [-0.2, -0.15) is 5.26 Å². The van der Waals surface area contributed by atoms with Gasteiger partial charge in [-0.25, -0.2) is 13.1 Å². The van der Waals surface area contributed by atoms with Gasteiger partial charge in [0.25, 0.3) is 0 Å². The van der Waals surface area contributed by atoms with Gasteiger partial charge in [0, 0.05) is 30.7 Å². The summed E-state index contributed by atoms with van der Waals surface area (Å²) < 4.78 is 28.8. The van der Waals surface area contributed by atoms with E-state index in [0.717, 1.165) is 43.6 Å². The summed E-state index contributed by atoms with van der Waals surface area (Å²) in [6.07, 6.45) is 7.61. The summed E-state index contributed by atoms with van der Waals surface area (Å²) in [7, 11) is -3.20. The minimum Gasteiger partial charge on any atom is -0.385 e. The topological polar surface area (TPSA) is 86.9 Å². The van der Waals surface area contributed by atoms with Crippen LogP contribution in [-0.4, -0.2) is 30.8 Å². The molecule has 2 aromatic rings. The zero-order chi connectivity index (χ0) is 20.1. The van der Waals surface area contributed by atoms with E-state index < -0.39 is 15.3 Å². The molecule has 0 saturated heterocycles. The predicted molar refractivity (Wildman–Crippen MR) is 112 cm³/mol. The van der Waals surface area contributed by atoms with Gasteiger partial charge in [-0.05, 0) is 75.8 Å². The lowest BCUT2D eigenvalue weighted by molar-refractivity contribution is 0.323. The van der Waals surface area contributed by atoms with Crippen LogP contribution in [0.1, 0.15) is 45.1 Å². The van der Waals surface area contributed by atoms with Crippen LogP contribution in [0.15, 0.2) is 42.7 Å². The Hall–Kier alpha value is -2.30. The Bertz CT molecular complexity index is 922. The van der Waals surface area contributed by atoms with Gasteiger partial charge in [0.05, 0.1) is 16.5 Å². The summed E-state index contributed by atoms with van der Waals surface area (Å²) in [6, 6.07) is 12.0. The number of aromatic nitrogens is 1. The number of nitriles is 1. The van der Waals surface area contributed by atoms with E-state index in [0.29, 0.717) is 11.5 Å². The monoisotopic (exact) mass is 400 g/mol. The molecule has 0 radical (unpaired) electrons. The first-order valence-electron chi connectivity index (χ1n) is 9.81. The molecule has 0 atom stereocenters. The van der Waals surface area contributed by atoms with Crippen LogP contribution in [0, 0.1) is 17.2 Å². The average Bonchev–Trinajstić information content (AvgIpc) is 3.21. The molecule has 1 aromatic heterocycles. The summed E-state index contributed by atoms with van der Waals surface area (Å²) in [4.78, 5) is 0. The Morgan fingerprint density at radius 3 is 2.46 bits per heavy atom. The molecule has 1 saturated carbocycles. The largest absolute Gasteiger partial charge is 0.385 e. The maximum Gasteiger partial charge on any atom is 0.214 e. The molecule has 6 nitrogen and oxygen atoms in total. The lowest BCUT2D eigenvalue weighted by Gasteiger charge is -2.29. The Morgan fingerprint density at radius 1 is 1.18 bits per heavy atom. The molecule has 1 aliphatic carbocycles. The van der Waals surface area contributed by atoms with Crippen LogP contribution in [-0.2, 0) is 10.0 Å². The first-order chi connectivity index (χ1) is 13.4. The summed E-state index contributed by atoms with van der Waals surface area (Å²) >= 11 is 0. The molecule has 0 amide bonds. The van der Waals surface area contributed by atoms with Gasteiger partial charge >= 0.3 is 0 Å². The third kappa shape index (κ3) is 4.94. The molecule has 2 N–H and O–H groups in total. The van der Waals surface area contributed by atoms with Crippen molar-refractivity contribution < 1.29 is 8.42 Å². The molecular formula is C21H28N4O2S. The number of hydrogen-bond acceptors (Lipinski definition) is 4. The van der Waals surface area contributed by atoms with Gasteiger partial charge < -0.3 is 9.88 Å². The van der Waals surface area contributed by atoms with E-state index in [9.17, 15) is 13.7 Å². The van der Waals surface area contributed by atoms with E-state index in [1.807, 2.05) is 47.3 Å². The van der Waals surface area contributed by atoms with Crippen molar-refractivity contribution in [3.8, 4) is 11.8 Å². The minimum atomic E-state index is -3.20. The van der Waals surface area contributed by atoms with Gasteiger partial charge in [0.2, 0.25) is 10.0 Å². The van der Waals surface area contributed by atoms with Crippen LogP contribution in [0.2, 0.25) is 0 Å². The second-order valence-corrected chi connectivity index (χ2v) is 10.0. The molecule has 1 aliphatic rings. The first-order valence-corrected chi connectivity index (χ1v) is 11.4. The lowest BCUT2D eigenvalue weighted by atomic mass is 9.86. The number of anilines is 1. The van der Waals surface area contributed by atoms with E-state index in [1.165, 1.54) is 0 Å². The van der Waals surface area contributed by atoms with Crippen molar-refractivity contribution in [2.45, 2.75) is 50.8 Å². The van der Waals surface area contributed by atoms with Crippen molar-refractivity contribution in [2.75, 3.05) is 11.9 Å². The molecule has 0 bridgehead atoms. The van der Waals surface area contributed by atoms with Crippen molar-refractivity contribution >= 4 is 15.7 Å². The second kappa shape index (κ2) is 8.80. The number of sulfonamides is 1. The molecule has 1 heterocycles. The van der Waals surface area contributed by atoms with Crippen molar-refractivity contribution in [1.82, 2.24) is 9.29 Å². The number of nitrogens with one attached hydrogen (secondary N) is 2. The highest BCUT2D eigenvalue weighted by Crippen LogP contribution is 2.26. The minimum absolute atomic E-state index is 0.0545. The SMILES string of the molecule is CC(C)S(=O)(=O)N[C@H]1CC[C@H](CNc2ccc(C#N)c(-n3cccc3)c2)CC1. The summed E-state index contributed by atoms with van der Waals surface area (Å²) in [6.45, 7) is 4.26. The average molecular weight is 401 g/mol. The van der Waals surface area contributed by atoms with Crippen molar-refractivity contribution in [2.24, 2.45) is 5.92 Å². The molecule has 7 heteroatoms. The fraction of sp³-hybridized carbons (Fsp3) is 0.476. The normalized spacial score (nSPS) is 20.1. The number of hydrogen-bond donors (Lipinski definition) is 2. The van der Waals surface area contributed by atoms with Gasteiger partial charge in [-0.1, -0.05) is 0 Å². The van der Waals surface area contributed by atoms with E-state index in [1.54, 1.807) is 13.8 Å². The second-order valence-electron chi connectivity index (χ2n) is 7.74. The summed E-state index contributed by atoms with van der Waals surface area (Å²) in [5, 5.41) is 12.4. The molecule has 0 spiro atoms. The quantitative estimate of drug-likeness (QED) is 0.743. The number of rotatable bonds is 7. The summed E-state index contributed by atoms with van der Waals surface area (Å²) in [5.74, 6) is 0.519. The molecule has 1 aromatic carbocycles. The zero-order valence-corrected chi connectivity index (χ0v) is 17.2. The third-order valence-electron chi connectivity index (χ3n) is 5.39. The highest BCUT2D eigenvalue weighted by Gasteiger charge is 2.26. The van der Waals surface area contributed by atoms with Crippen LogP contribution >= 0.6 is 0 Å². The van der Waals surface area contributed by atoms with E-state index in [4.69, 9.17) is 0 Å². The highest BCUT2D eigenvalue weighted by molar-refractivity contribution is 7.90. The van der Waals surface area contributed by atoms with Gasteiger partial charge in [0.15, 0.2) is 0 Å². The molecular weight excluding hydrogens is 372 g/mol. The third-order valence-corrected chi connectivity index (χ3v) is 7.30. The van der Waals surface area contributed by atoms with E-state index in [-0.39, 0.29) is 6.04 Å². The standard InChI is InChI=1S/C21H28N4O2S/c1-16(2)28(26,27)24-19-8-5-17(6-9-19)15-23-20-10-7-18(14-22)21(13-20)25-11-3-4-12-25/h3-4,7,10-13,16-17,19,23-24H,5-6,8-9,15H2,1-2H3/t17-,19-. The number of nitrogens with zero attached hydrogens (tertiary/aromatic N) is 2. The Balaban J connectivity index is 1.55. The van der Waals surface area contributed by atoms with E-state index in [2.05, 4.69) is 16.1 Å². The van der Waals surface area contributed by atoms with Crippen molar-refractivity contribution in [1.29, 1.82) is 5.26 Å². The zero-order valence-electron chi connectivity index (χ0n) is 16.4. The maximum atomic E-state index is 12.0. The smallest absolute Gasteiger partial charge is 0.214 e. The maximum absolute atomic E-state index is 12.0. The Morgan fingerprint density at radius 2 is 1.86 bits per heavy atom. The van der Waals surface area contributed by atoms with Crippen molar-refractivity contribution in [3.63, 3.8) is 0 Å². The number of benzene rings is 1. The fourth-order valence-corrected chi connectivity index (χ4v) is 4.53. The molecule has 28 heavy (non-hydrogen) atoms. The highest BCUT2D eigenvalue weighted by atomic mass is 32.2. The van der Waals surface area contributed by atoms with Crippen LogP contribution in [0.25, 0.3) is 5.69 Å². The molecule has 3 rings (SSSR count). The Kier molecular flexibility index (Phi) is 6.42. The fourth-order valence-electron chi connectivity index (χ4n) is 3.56. The first kappa shape index (κ1) is 20.4. The molecule has 0 unspecified atom stereocenters. The van der Waals surface area contributed by atoms with E-state index >= 15 is 0 Å². The van der Waals surface area contributed by atoms with Crippen LogP contribution in [0.3, 0.4) is 0 Å². The van der Waals surface area contributed by atoms with Crippen LogP contribution in [0.4, 0.5) is 5.69 Å². The van der Waals surface area contributed by atoms with Crippen molar-refractivity contribution in [3.05, 3.63) is 48.3 Å². The lowest BCUT2D eigenvalue weighted by Crippen LogP contribution is -2.41. The van der Waals surface area contributed by atoms with Gasteiger partial charge in [-0.3, -0.25) is 0 Å². The molecule has 0 aliphatic heterocycles. The molecule has 1 fully saturated rings.